The van der Waals surface area contributed by atoms with Gasteiger partial charge < -0.3 is 9.52 Å². The third-order valence-corrected chi connectivity index (χ3v) is 1.87. The summed E-state index contributed by atoms with van der Waals surface area (Å²) in [6, 6.07) is 6.04. The lowest BCUT2D eigenvalue weighted by atomic mass is 10.2. The van der Waals surface area contributed by atoms with E-state index in [-0.39, 0.29) is 17.8 Å². The molecule has 0 bridgehead atoms. The monoisotopic (exact) mass is 194 g/mol. The van der Waals surface area contributed by atoms with Crippen LogP contribution in [0.5, 0.6) is 0 Å². The maximum Gasteiger partial charge on any atom is 0.311 e. The van der Waals surface area contributed by atoms with Crippen LogP contribution in [0.3, 0.4) is 0 Å². The number of furan rings is 1. The Hall–Kier alpha value is -1.84. The Balaban J connectivity index is 2.51. The van der Waals surface area contributed by atoms with Crippen molar-refractivity contribution in [2.24, 2.45) is 0 Å². The standard InChI is InChI=1S/C10H7FO3/c11-8-3-1-2-6-4-7(5-9(12)13)14-10(6)8/h1-4H,5H2,(H,12,13). The Morgan fingerprint density at radius 2 is 2.29 bits per heavy atom. The van der Waals surface area contributed by atoms with Gasteiger partial charge in [-0.3, -0.25) is 4.79 Å². The Morgan fingerprint density at radius 1 is 1.50 bits per heavy atom. The molecule has 0 unspecified atom stereocenters. The van der Waals surface area contributed by atoms with E-state index < -0.39 is 11.8 Å². The highest BCUT2D eigenvalue weighted by Crippen LogP contribution is 2.22. The minimum Gasteiger partial charge on any atom is -0.481 e. The van der Waals surface area contributed by atoms with Crippen molar-refractivity contribution in [3.63, 3.8) is 0 Å². The van der Waals surface area contributed by atoms with E-state index in [0.717, 1.165) is 0 Å². The number of rotatable bonds is 2. The number of carboxylic acids is 1. The Kier molecular flexibility index (Phi) is 1.96. The van der Waals surface area contributed by atoms with Crippen LogP contribution in [0.1, 0.15) is 5.76 Å². The van der Waals surface area contributed by atoms with E-state index in [1.54, 1.807) is 12.1 Å². The molecular formula is C10H7FO3. The van der Waals surface area contributed by atoms with Gasteiger partial charge in [0, 0.05) is 5.39 Å². The van der Waals surface area contributed by atoms with E-state index in [4.69, 9.17) is 9.52 Å². The zero-order chi connectivity index (χ0) is 10.1. The smallest absolute Gasteiger partial charge is 0.311 e. The molecule has 0 amide bonds. The molecule has 0 spiro atoms. The maximum absolute atomic E-state index is 13.1. The van der Waals surface area contributed by atoms with Gasteiger partial charge >= 0.3 is 5.97 Å². The number of carbonyl (C=O) groups is 1. The van der Waals surface area contributed by atoms with Gasteiger partial charge in [-0.05, 0) is 12.1 Å². The number of carboxylic acid groups (broad SMARTS) is 1. The molecule has 0 radical (unpaired) electrons. The van der Waals surface area contributed by atoms with Crippen LogP contribution >= 0.6 is 0 Å². The maximum atomic E-state index is 13.1. The molecule has 3 nitrogen and oxygen atoms in total. The molecule has 1 heterocycles. The molecule has 0 atom stereocenters. The Morgan fingerprint density at radius 3 is 2.93 bits per heavy atom. The van der Waals surface area contributed by atoms with Gasteiger partial charge in [-0.15, -0.1) is 0 Å². The van der Waals surface area contributed by atoms with E-state index in [1.807, 2.05) is 0 Å². The van der Waals surface area contributed by atoms with E-state index in [2.05, 4.69) is 0 Å². The summed E-state index contributed by atoms with van der Waals surface area (Å²) in [5, 5.41) is 9.09. The van der Waals surface area contributed by atoms with Crippen molar-refractivity contribution in [2.75, 3.05) is 0 Å². The van der Waals surface area contributed by atoms with Crippen LogP contribution in [0.4, 0.5) is 4.39 Å². The summed E-state index contributed by atoms with van der Waals surface area (Å²) < 4.78 is 18.1. The molecule has 4 heteroatoms. The highest BCUT2D eigenvalue weighted by Gasteiger charge is 2.09. The van der Waals surface area contributed by atoms with Gasteiger partial charge in [0.1, 0.15) is 12.2 Å². The fourth-order valence-electron chi connectivity index (χ4n) is 1.32. The van der Waals surface area contributed by atoms with Gasteiger partial charge in [-0.2, -0.15) is 0 Å². The number of benzene rings is 1. The molecule has 72 valence electrons. The van der Waals surface area contributed by atoms with Crippen molar-refractivity contribution >= 4 is 16.9 Å². The number of halogens is 1. The second kappa shape index (κ2) is 3.14. The van der Waals surface area contributed by atoms with Gasteiger partial charge in [0.25, 0.3) is 0 Å². The number of aliphatic carboxylic acids is 1. The molecule has 0 aliphatic heterocycles. The predicted octanol–water partition coefficient (Wildman–Crippen LogP) is 2.20. The highest BCUT2D eigenvalue weighted by atomic mass is 19.1. The third kappa shape index (κ3) is 1.46. The summed E-state index contributed by atoms with van der Waals surface area (Å²) in [5.41, 5.74) is 0.115. The highest BCUT2D eigenvalue weighted by molar-refractivity contribution is 5.80. The van der Waals surface area contributed by atoms with Gasteiger partial charge in [0.15, 0.2) is 11.4 Å². The lowest BCUT2D eigenvalue weighted by Crippen LogP contribution is -1.97. The first-order valence-electron chi connectivity index (χ1n) is 4.05. The largest absolute Gasteiger partial charge is 0.481 e. The molecule has 1 aromatic heterocycles. The Labute approximate surface area is 78.8 Å². The van der Waals surface area contributed by atoms with Crippen LogP contribution in [0.25, 0.3) is 11.0 Å². The molecule has 0 fully saturated rings. The normalized spacial score (nSPS) is 10.6. The first-order chi connectivity index (χ1) is 6.66. The number of fused-ring (bicyclic) bond motifs is 1. The molecular weight excluding hydrogens is 187 g/mol. The summed E-state index contributed by atoms with van der Waals surface area (Å²) in [4.78, 5) is 10.4. The second-order valence-corrected chi connectivity index (χ2v) is 2.94. The van der Waals surface area contributed by atoms with E-state index in [1.165, 1.54) is 12.1 Å². The topological polar surface area (TPSA) is 50.4 Å². The van der Waals surface area contributed by atoms with Crippen molar-refractivity contribution in [3.05, 3.63) is 35.8 Å². The molecule has 1 aromatic carbocycles. The molecule has 2 aromatic rings. The van der Waals surface area contributed by atoms with Crippen LogP contribution in [0, 0.1) is 5.82 Å². The lowest BCUT2D eigenvalue weighted by Gasteiger charge is -1.89. The molecule has 1 N–H and O–H groups in total. The zero-order valence-electron chi connectivity index (χ0n) is 7.16. The molecule has 0 saturated heterocycles. The quantitative estimate of drug-likeness (QED) is 0.797. The van der Waals surface area contributed by atoms with Crippen LogP contribution < -0.4 is 0 Å². The fraction of sp³-hybridized carbons (Fsp3) is 0.100. The minimum atomic E-state index is -0.996. The van der Waals surface area contributed by atoms with Gasteiger partial charge in [0.05, 0.1) is 0 Å². The number of para-hydroxylation sites is 1. The fourth-order valence-corrected chi connectivity index (χ4v) is 1.32. The second-order valence-electron chi connectivity index (χ2n) is 2.94. The third-order valence-electron chi connectivity index (χ3n) is 1.87. The first-order valence-corrected chi connectivity index (χ1v) is 4.05. The van der Waals surface area contributed by atoms with Crippen LogP contribution in [0.15, 0.2) is 28.7 Å². The summed E-state index contributed by atoms with van der Waals surface area (Å²) in [5.74, 6) is -1.21. The summed E-state index contributed by atoms with van der Waals surface area (Å²) in [7, 11) is 0. The van der Waals surface area contributed by atoms with Crippen LogP contribution in [-0.2, 0) is 11.2 Å². The summed E-state index contributed by atoms with van der Waals surface area (Å²) >= 11 is 0. The number of hydrogen-bond acceptors (Lipinski definition) is 2. The molecule has 14 heavy (non-hydrogen) atoms. The average Bonchev–Trinajstić information content (AvgIpc) is 2.47. The first kappa shape index (κ1) is 8.74. The van der Waals surface area contributed by atoms with Crippen LogP contribution in [-0.4, -0.2) is 11.1 Å². The SMILES string of the molecule is O=C(O)Cc1cc2cccc(F)c2o1. The van der Waals surface area contributed by atoms with E-state index >= 15 is 0 Å². The van der Waals surface area contributed by atoms with Gasteiger partial charge in [-0.25, -0.2) is 4.39 Å². The molecule has 0 aliphatic carbocycles. The Bertz CT molecular complexity index is 487. The van der Waals surface area contributed by atoms with Crippen LogP contribution in [0.2, 0.25) is 0 Å². The van der Waals surface area contributed by atoms with Crippen molar-refractivity contribution in [3.8, 4) is 0 Å². The minimum absolute atomic E-state index is 0.115. The van der Waals surface area contributed by atoms with Gasteiger partial charge in [0.2, 0.25) is 0 Å². The van der Waals surface area contributed by atoms with Crippen molar-refractivity contribution in [2.45, 2.75) is 6.42 Å². The summed E-state index contributed by atoms with van der Waals surface area (Å²) in [6.07, 6.45) is -0.228. The molecule has 0 saturated carbocycles. The lowest BCUT2D eigenvalue weighted by molar-refractivity contribution is -0.136. The number of hydrogen-bond donors (Lipinski definition) is 1. The molecule has 2 rings (SSSR count). The van der Waals surface area contributed by atoms with Crippen molar-refractivity contribution in [1.29, 1.82) is 0 Å². The molecule has 0 aliphatic rings. The van der Waals surface area contributed by atoms with E-state index in [0.29, 0.717) is 5.39 Å². The van der Waals surface area contributed by atoms with Crippen molar-refractivity contribution in [1.82, 2.24) is 0 Å². The van der Waals surface area contributed by atoms with E-state index in [9.17, 15) is 9.18 Å². The van der Waals surface area contributed by atoms with Crippen molar-refractivity contribution < 1.29 is 18.7 Å². The van der Waals surface area contributed by atoms with Gasteiger partial charge in [-0.1, -0.05) is 12.1 Å². The predicted molar refractivity (Wildman–Crippen MR) is 47.5 cm³/mol. The summed E-state index contributed by atoms with van der Waals surface area (Å²) in [6.45, 7) is 0. The average molecular weight is 194 g/mol. The zero-order valence-corrected chi connectivity index (χ0v) is 7.16.